The topological polar surface area (TPSA) is 66.2 Å². The molecule has 0 spiro atoms. The highest BCUT2D eigenvalue weighted by atomic mass is 35.5. The Morgan fingerprint density at radius 1 is 1.11 bits per heavy atom. The lowest BCUT2D eigenvalue weighted by atomic mass is 9.84. The average molecular weight is 445 g/mol. The predicted octanol–water partition coefficient (Wildman–Crippen LogP) is 4.50. The molecule has 0 amide bonds. The maximum absolute atomic E-state index is 12.3. The summed E-state index contributed by atoms with van der Waals surface area (Å²) in [4.78, 5) is 3.96. The van der Waals surface area contributed by atoms with Crippen molar-refractivity contribution in [2.24, 2.45) is 0 Å². The van der Waals surface area contributed by atoms with E-state index in [0.717, 1.165) is 5.56 Å². The van der Waals surface area contributed by atoms with Crippen LogP contribution in [0.4, 0.5) is 0 Å². The molecule has 1 aliphatic heterocycles. The van der Waals surface area contributed by atoms with Crippen molar-refractivity contribution in [3.05, 3.63) is 81.3 Å². The molecule has 1 saturated heterocycles. The Labute approximate surface area is 172 Å². The molecule has 2 heterocycles. The van der Waals surface area contributed by atoms with Gasteiger partial charge in [0, 0.05) is 20.6 Å². The monoisotopic (exact) mass is 443 g/mol. The second-order valence-corrected chi connectivity index (χ2v) is 7.97. The van der Waals surface area contributed by atoms with Crippen LogP contribution in [0.25, 0.3) is 0 Å². The van der Waals surface area contributed by atoms with Gasteiger partial charge in [0.1, 0.15) is 18.8 Å². The van der Waals surface area contributed by atoms with Crippen LogP contribution in [0.5, 0.6) is 0 Å². The number of hydrogen-bond acceptors (Lipinski definition) is 5. The Kier molecular flexibility index (Phi) is 5.24. The Hall–Kier alpha value is -1.48. The molecule has 0 aliphatic carbocycles. The van der Waals surface area contributed by atoms with Crippen LogP contribution in [0.3, 0.4) is 0 Å². The molecule has 140 valence electrons. The lowest BCUT2D eigenvalue weighted by Gasteiger charge is -2.32. The molecule has 10 heteroatoms. The van der Waals surface area contributed by atoms with Crippen molar-refractivity contribution in [1.29, 1.82) is 0 Å². The van der Waals surface area contributed by atoms with Crippen molar-refractivity contribution in [1.82, 2.24) is 14.8 Å². The molecule has 3 aromatic rings. The van der Waals surface area contributed by atoms with E-state index in [1.54, 1.807) is 47.1 Å². The minimum absolute atomic E-state index is 0.174. The smallest absolute Gasteiger partial charge is 0.257 e. The SMILES string of the molecule is O=S1O[C@H](c2ccc(Cl)cc2)[C@@](Cn2cncn2)(c2ccc(Cl)cc2Cl)O1. The van der Waals surface area contributed by atoms with Crippen LogP contribution in [0.15, 0.2) is 55.1 Å². The van der Waals surface area contributed by atoms with Gasteiger partial charge in [0.2, 0.25) is 0 Å². The van der Waals surface area contributed by atoms with Crippen LogP contribution < -0.4 is 0 Å². The van der Waals surface area contributed by atoms with Gasteiger partial charge in [-0.3, -0.25) is 8.37 Å². The molecule has 0 radical (unpaired) electrons. The third-order valence-corrected chi connectivity index (χ3v) is 5.82. The number of rotatable bonds is 4. The first-order valence-corrected chi connectivity index (χ1v) is 9.93. The number of nitrogens with zero attached hydrogens (tertiary/aromatic N) is 3. The maximum Gasteiger partial charge on any atom is 0.306 e. The fraction of sp³-hybridized carbons (Fsp3) is 0.176. The summed E-state index contributed by atoms with van der Waals surface area (Å²) in [5.41, 5.74) is 0.0971. The molecule has 1 unspecified atom stereocenters. The second kappa shape index (κ2) is 7.50. The van der Waals surface area contributed by atoms with E-state index in [1.165, 1.54) is 12.7 Å². The zero-order valence-corrected chi connectivity index (χ0v) is 16.7. The molecule has 1 aliphatic rings. The summed E-state index contributed by atoms with van der Waals surface area (Å²) in [5, 5.41) is 5.56. The van der Waals surface area contributed by atoms with Crippen molar-refractivity contribution < 1.29 is 12.6 Å². The van der Waals surface area contributed by atoms with Crippen molar-refractivity contribution in [2.45, 2.75) is 18.2 Å². The Morgan fingerprint density at radius 3 is 2.52 bits per heavy atom. The van der Waals surface area contributed by atoms with Gasteiger partial charge in [-0.15, -0.1) is 0 Å². The molecule has 4 rings (SSSR count). The molecule has 2 aromatic carbocycles. The number of hydrogen-bond donors (Lipinski definition) is 0. The quantitative estimate of drug-likeness (QED) is 0.593. The standard InChI is InChI=1S/C17H12Cl3N3O3S/c18-12-3-1-11(2-4-12)16-17(26-27(24)25-16,8-23-10-21-9-22-23)14-6-5-13(19)7-15(14)20/h1-7,9-10,16H,8H2/t16-,17-,27?/m1/s1. The molecule has 3 atom stereocenters. The molecule has 6 nitrogen and oxygen atoms in total. The average Bonchev–Trinajstić information content (AvgIpc) is 3.24. The van der Waals surface area contributed by atoms with Crippen molar-refractivity contribution in [2.75, 3.05) is 0 Å². The van der Waals surface area contributed by atoms with Gasteiger partial charge in [-0.2, -0.15) is 9.31 Å². The highest BCUT2D eigenvalue weighted by Gasteiger charge is 2.54. The van der Waals surface area contributed by atoms with E-state index in [2.05, 4.69) is 10.1 Å². The van der Waals surface area contributed by atoms with Gasteiger partial charge in [0.15, 0.2) is 5.60 Å². The summed E-state index contributed by atoms with van der Waals surface area (Å²) in [6, 6.07) is 12.1. The van der Waals surface area contributed by atoms with E-state index in [9.17, 15) is 4.21 Å². The van der Waals surface area contributed by atoms with E-state index >= 15 is 0 Å². The summed E-state index contributed by atoms with van der Waals surface area (Å²) in [7, 11) is 0. The first-order valence-electron chi connectivity index (χ1n) is 7.80. The number of halogens is 3. The Balaban J connectivity index is 1.89. The summed E-state index contributed by atoms with van der Waals surface area (Å²) < 4.78 is 25.4. The van der Waals surface area contributed by atoms with Gasteiger partial charge < -0.3 is 0 Å². The van der Waals surface area contributed by atoms with E-state index < -0.39 is 23.1 Å². The summed E-state index contributed by atoms with van der Waals surface area (Å²) in [5.74, 6) is 0. The van der Waals surface area contributed by atoms with Gasteiger partial charge in [-0.1, -0.05) is 53.0 Å². The maximum atomic E-state index is 12.3. The van der Waals surface area contributed by atoms with Crippen LogP contribution in [0.1, 0.15) is 17.2 Å². The van der Waals surface area contributed by atoms with Gasteiger partial charge in [-0.05, 0) is 29.8 Å². The third-order valence-electron chi connectivity index (χ3n) is 4.24. The lowest BCUT2D eigenvalue weighted by molar-refractivity contribution is 0.0124. The highest BCUT2D eigenvalue weighted by molar-refractivity contribution is 7.75. The van der Waals surface area contributed by atoms with E-state index in [1.807, 2.05) is 0 Å². The van der Waals surface area contributed by atoms with Crippen LogP contribution in [0.2, 0.25) is 15.1 Å². The second-order valence-electron chi connectivity index (χ2n) is 5.92. The Bertz CT molecular complexity index is 985. The van der Waals surface area contributed by atoms with Crippen molar-refractivity contribution in [3.8, 4) is 0 Å². The summed E-state index contributed by atoms with van der Waals surface area (Å²) in [6.07, 6.45) is 2.22. The van der Waals surface area contributed by atoms with E-state index in [-0.39, 0.29) is 6.54 Å². The molecule has 27 heavy (non-hydrogen) atoms. The van der Waals surface area contributed by atoms with Crippen LogP contribution in [0, 0.1) is 0 Å². The zero-order valence-electron chi connectivity index (χ0n) is 13.6. The van der Waals surface area contributed by atoms with Gasteiger partial charge in [-0.25, -0.2) is 9.67 Å². The minimum atomic E-state index is -1.99. The van der Waals surface area contributed by atoms with Crippen molar-refractivity contribution >= 4 is 46.2 Å². The first kappa shape index (κ1) is 18.9. The normalized spacial score (nSPS) is 25.0. The zero-order chi connectivity index (χ0) is 19.0. The first-order chi connectivity index (χ1) is 13.0. The van der Waals surface area contributed by atoms with Gasteiger partial charge >= 0.3 is 11.4 Å². The molecular formula is C17H12Cl3N3O3S. The van der Waals surface area contributed by atoms with Crippen molar-refractivity contribution in [3.63, 3.8) is 0 Å². The number of aromatic nitrogens is 3. The highest BCUT2D eigenvalue weighted by Crippen LogP contribution is 2.50. The molecule has 1 fully saturated rings. The number of benzene rings is 2. The summed E-state index contributed by atoms with van der Waals surface area (Å²) in [6.45, 7) is 0.174. The van der Waals surface area contributed by atoms with Gasteiger partial charge in [0.25, 0.3) is 0 Å². The van der Waals surface area contributed by atoms with Crippen LogP contribution >= 0.6 is 34.8 Å². The lowest BCUT2D eigenvalue weighted by Crippen LogP contribution is -2.37. The van der Waals surface area contributed by atoms with E-state index in [4.69, 9.17) is 43.2 Å². The molecule has 0 saturated carbocycles. The third kappa shape index (κ3) is 3.63. The largest absolute Gasteiger partial charge is 0.306 e. The van der Waals surface area contributed by atoms with Crippen LogP contribution in [-0.4, -0.2) is 19.0 Å². The van der Waals surface area contributed by atoms with E-state index in [0.29, 0.717) is 20.6 Å². The predicted molar refractivity (Wildman–Crippen MR) is 103 cm³/mol. The van der Waals surface area contributed by atoms with Gasteiger partial charge in [0.05, 0.1) is 6.54 Å². The molecule has 0 bridgehead atoms. The van der Waals surface area contributed by atoms with Crippen LogP contribution in [-0.2, 0) is 31.9 Å². The fourth-order valence-corrected chi connectivity index (χ4v) is 4.70. The summed E-state index contributed by atoms with van der Waals surface area (Å²) >= 11 is 16.5. The minimum Gasteiger partial charge on any atom is -0.257 e. The molecule has 0 N–H and O–H groups in total. The molecule has 1 aromatic heterocycles. The Morgan fingerprint density at radius 2 is 1.85 bits per heavy atom. The fourth-order valence-electron chi connectivity index (χ4n) is 3.07. The molecular weight excluding hydrogens is 433 g/mol.